The van der Waals surface area contributed by atoms with Gasteiger partial charge in [0, 0.05) is 6.42 Å². The summed E-state index contributed by atoms with van der Waals surface area (Å²) < 4.78 is 11.3. The summed E-state index contributed by atoms with van der Waals surface area (Å²) in [5.41, 5.74) is 0. The predicted molar refractivity (Wildman–Crippen MR) is 291 cm³/mol. The van der Waals surface area contributed by atoms with Crippen molar-refractivity contribution in [2.45, 2.75) is 352 Å². The van der Waals surface area contributed by atoms with Gasteiger partial charge in [0.25, 0.3) is 0 Å². The number of rotatable bonds is 53. The second-order valence-corrected chi connectivity index (χ2v) is 21.5. The highest BCUT2D eigenvalue weighted by molar-refractivity contribution is 5.76. The van der Waals surface area contributed by atoms with Crippen LogP contribution in [-0.2, 0) is 14.3 Å². The van der Waals surface area contributed by atoms with Crippen molar-refractivity contribution in [2.75, 3.05) is 13.2 Å². The van der Waals surface area contributed by atoms with Crippen molar-refractivity contribution in [2.24, 2.45) is 0 Å². The lowest BCUT2D eigenvalue weighted by Crippen LogP contribution is -2.60. The van der Waals surface area contributed by atoms with Gasteiger partial charge in [-0.3, -0.25) is 4.79 Å². The van der Waals surface area contributed by atoms with Crippen LogP contribution in [0.4, 0.5) is 0 Å². The van der Waals surface area contributed by atoms with Gasteiger partial charge in [0.15, 0.2) is 6.29 Å². The molecule has 1 saturated heterocycles. The van der Waals surface area contributed by atoms with Crippen molar-refractivity contribution < 1.29 is 39.8 Å². The van der Waals surface area contributed by atoms with Crippen LogP contribution in [0.25, 0.3) is 0 Å². The number of amides is 1. The number of hydrogen-bond acceptors (Lipinski definition) is 8. The highest BCUT2D eigenvalue weighted by Gasteiger charge is 2.44. The van der Waals surface area contributed by atoms with E-state index < -0.39 is 49.5 Å². The summed E-state index contributed by atoms with van der Waals surface area (Å²) >= 11 is 0. The fourth-order valence-corrected chi connectivity index (χ4v) is 10.0. The standard InChI is InChI=1S/C60H117NO8/c1-3-5-7-9-11-13-15-17-19-21-22-23-24-25-26-27-28-29-30-31-32-33-34-36-38-40-42-44-46-48-50-56(64)61-53(52-68-60-59(67)58(66)57(65)55(51-62)69-60)54(63)49-47-45-43-41-39-37-35-20-18-16-14-12-10-8-6-4-2/h47,49,53-55,57-60,62-63,65-67H,3-46,48,50-52H2,1-2H3,(H,61,64)/b49-47+/t53-,54+,55+,57-,58?,59?,60+/m0/s1. The zero-order valence-electron chi connectivity index (χ0n) is 45.6. The molecule has 0 aliphatic carbocycles. The maximum atomic E-state index is 13.1. The van der Waals surface area contributed by atoms with Gasteiger partial charge in [0.1, 0.15) is 24.4 Å². The Balaban J connectivity index is 2.13. The Hall–Kier alpha value is -1.07. The molecule has 9 nitrogen and oxygen atoms in total. The van der Waals surface area contributed by atoms with E-state index >= 15 is 0 Å². The van der Waals surface area contributed by atoms with Crippen LogP contribution in [0.1, 0.15) is 309 Å². The van der Waals surface area contributed by atoms with Crippen LogP contribution in [0.2, 0.25) is 0 Å². The molecule has 0 aromatic rings. The molecule has 0 aromatic carbocycles. The predicted octanol–water partition coefficient (Wildman–Crippen LogP) is 15.2. The van der Waals surface area contributed by atoms with Crippen LogP contribution in [0.5, 0.6) is 0 Å². The van der Waals surface area contributed by atoms with E-state index in [2.05, 4.69) is 19.2 Å². The van der Waals surface area contributed by atoms with Crippen LogP contribution >= 0.6 is 0 Å². The molecule has 1 heterocycles. The number of allylic oxidation sites excluding steroid dienone is 1. The molecule has 1 rings (SSSR count). The van der Waals surface area contributed by atoms with Gasteiger partial charge in [-0.05, 0) is 19.3 Å². The van der Waals surface area contributed by atoms with Crippen molar-refractivity contribution in [3.05, 3.63) is 12.2 Å². The number of aliphatic hydroxyl groups is 5. The minimum absolute atomic E-state index is 0.169. The number of unbranched alkanes of at least 4 members (excludes halogenated alkanes) is 43. The van der Waals surface area contributed by atoms with Gasteiger partial charge >= 0.3 is 0 Å². The average molecular weight is 981 g/mol. The smallest absolute Gasteiger partial charge is 0.220 e. The van der Waals surface area contributed by atoms with Gasteiger partial charge < -0.3 is 40.3 Å². The SMILES string of the molecule is CCCCCCCCCCCCCCCC/C=C/[C@@H](O)[C@H](CO[C@@H]1O[C@H](CO)[C@H](O)C(O)C1O)NC(=O)CCCCCCCCCCCCCCCCCCCCCCCCCCCCCCCC. The lowest BCUT2D eigenvalue weighted by Gasteiger charge is -2.40. The first-order valence-corrected chi connectivity index (χ1v) is 30.4. The molecular weight excluding hydrogens is 863 g/mol. The normalized spacial score (nSPS) is 19.4. The molecule has 0 radical (unpaired) electrons. The van der Waals surface area contributed by atoms with E-state index in [1.54, 1.807) is 6.08 Å². The highest BCUT2D eigenvalue weighted by atomic mass is 16.7. The van der Waals surface area contributed by atoms with Gasteiger partial charge in [-0.1, -0.05) is 296 Å². The van der Waals surface area contributed by atoms with Crippen LogP contribution in [-0.4, -0.2) is 87.5 Å². The third-order valence-electron chi connectivity index (χ3n) is 14.9. The van der Waals surface area contributed by atoms with Crippen molar-refractivity contribution in [1.29, 1.82) is 0 Å². The summed E-state index contributed by atoms with van der Waals surface area (Å²) in [5.74, 6) is -0.169. The lowest BCUT2D eigenvalue weighted by atomic mass is 9.99. The van der Waals surface area contributed by atoms with Crippen molar-refractivity contribution in [1.82, 2.24) is 5.32 Å². The van der Waals surface area contributed by atoms with E-state index in [1.165, 1.54) is 250 Å². The first-order chi connectivity index (χ1) is 33.8. The topological polar surface area (TPSA) is 149 Å². The minimum atomic E-state index is -1.56. The van der Waals surface area contributed by atoms with E-state index in [0.717, 1.165) is 38.5 Å². The molecule has 1 amide bonds. The zero-order valence-corrected chi connectivity index (χ0v) is 45.6. The van der Waals surface area contributed by atoms with Crippen molar-refractivity contribution >= 4 is 5.91 Å². The molecule has 2 unspecified atom stereocenters. The number of nitrogens with one attached hydrogen (secondary N) is 1. The molecule has 69 heavy (non-hydrogen) atoms. The molecule has 1 aliphatic heterocycles. The van der Waals surface area contributed by atoms with E-state index in [1.807, 2.05) is 6.08 Å². The van der Waals surface area contributed by atoms with Gasteiger partial charge in [0.05, 0.1) is 25.4 Å². The molecule has 0 saturated carbocycles. The number of hydrogen-bond donors (Lipinski definition) is 6. The van der Waals surface area contributed by atoms with E-state index in [0.29, 0.717) is 6.42 Å². The van der Waals surface area contributed by atoms with Gasteiger partial charge in [0.2, 0.25) is 5.91 Å². The van der Waals surface area contributed by atoms with Gasteiger partial charge in [-0.2, -0.15) is 0 Å². The maximum absolute atomic E-state index is 13.1. The lowest BCUT2D eigenvalue weighted by molar-refractivity contribution is -0.302. The molecule has 7 atom stereocenters. The summed E-state index contributed by atoms with van der Waals surface area (Å²) in [7, 11) is 0. The van der Waals surface area contributed by atoms with Crippen molar-refractivity contribution in [3.8, 4) is 0 Å². The Morgan fingerprint density at radius 3 is 1.13 bits per heavy atom. The summed E-state index contributed by atoms with van der Waals surface area (Å²) in [4.78, 5) is 13.1. The largest absolute Gasteiger partial charge is 0.394 e. The fourth-order valence-electron chi connectivity index (χ4n) is 10.0. The Kier molecular flexibility index (Phi) is 48.2. The molecule has 0 spiro atoms. The molecule has 0 aromatic heterocycles. The number of carbonyl (C=O) groups is 1. The van der Waals surface area contributed by atoms with E-state index in [9.17, 15) is 30.3 Å². The van der Waals surface area contributed by atoms with Crippen molar-refractivity contribution in [3.63, 3.8) is 0 Å². The fraction of sp³-hybridized carbons (Fsp3) is 0.950. The molecule has 0 bridgehead atoms. The van der Waals surface area contributed by atoms with Crippen LogP contribution in [0.15, 0.2) is 12.2 Å². The quantitative estimate of drug-likeness (QED) is 0.0261. The van der Waals surface area contributed by atoms with Gasteiger partial charge in [-0.25, -0.2) is 0 Å². The summed E-state index contributed by atoms with van der Waals surface area (Å²) in [6.45, 7) is 3.82. The monoisotopic (exact) mass is 980 g/mol. The Morgan fingerprint density at radius 2 is 0.797 bits per heavy atom. The molecular formula is C60H117NO8. The Morgan fingerprint density at radius 1 is 0.478 bits per heavy atom. The van der Waals surface area contributed by atoms with Crippen LogP contribution in [0, 0.1) is 0 Å². The number of aliphatic hydroxyl groups excluding tert-OH is 5. The second-order valence-electron chi connectivity index (χ2n) is 21.5. The third kappa shape index (κ3) is 40.1. The highest BCUT2D eigenvalue weighted by Crippen LogP contribution is 2.23. The van der Waals surface area contributed by atoms with E-state index in [-0.39, 0.29) is 12.5 Å². The molecule has 1 fully saturated rings. The Bertz CT molecular complexity index is 1090. The summed E-state index contributed by atoms with van der Waals surface area (Å²) in [6, 6.07) is -0.800. The van der Waals surface area contributed by atoms with Crippen LogP contribution in [0.3, 0.4) is 0 Å². The molecule has 9 heteroatoms. The third-order valence-corrected chi connectivity index (χ3v) is 14.9. The number of carbonyl (C=O) groups excluding carboxylic acids is 1. The number of ether oxygens (including phenoxy) is 2. The summed E-state index contributed by atoms with van der Waals surface area (Å²) in [6.07, 6.45) is 55.8. The first kappa shape index (κ1) is 65.9. The first-order valence-electron chi connectivity index (χ1n) is 30.4. The van der Waals surface area contributed by atoms with Gasteiger partial charge in [-0.15, -0.1) is 0 Å². The average Bonchev–Trinajstić information content (AvgIpc) is 3.35. The minimum Gasteiger partial charge on any atom is -0.394 e. The van der Waals surface area contributed by atoms with Crippen LogP contribution < -0.4 is 5.32 Å². The Labute approximate surface area is 426 Å². The molecule has 6 N–H and O–H groups in total. The van der Waals surface area contributed by atoms with E-state index in [4.69, 9.17) is 9.47 Å². The molecule has 410 valence electrons. The molecule has 1 aliphatic rings. The zero-order chi connectivity index (χ0) is 50.1. The maximum Gasteiger partial charge on any atom is 0.220 e. The second kappa shape index (κ2) is 50.5. The summed E-state index contributed by atoms with van der Waals surface area (Å²) in [5, 5.41) is 54.5.